The Morgan fingerprint density at radius 3 is 2.44 bits per heavy atom. The summed E-state index contributed by atoms with van der Waals surface area (Å²) >= 11 is 11.9. The summed E-state index contributed by atoms with van der Waals surface area (Å²) in [6.07, 6.45) is 0.948. The largest absolute Gasteiger partial charge is 0.503 e. The van der Waals surface area contributed by atoms with Gasteiger partial charge in [0.1, 0.15) is 5.03 Å². The lowest BCUT2D eigenvalue weighted by molar-refractivity contribution is 0.0578. The van der Waals surface area contributed by atoms with Crippen LogP contribution in [0.2, 0.25) is 10.0 Å². The molecule has 1 aliphatic rings. The van der Waals surface area contributed by atoms with Crippen molar-refractivity contribution in [2.45, 2.75) is 31.1 Å². The van der Waals surface area contributed by atoms with Crippen LogP contribution in [0.1, 0.15) is 23.0 Å². The highest BCUT2D eigenvalue weighted by atomic mass is 35.5. The van der Waals surface area contributed by atoms with E-state index in [1.54, 1.807) is 25.1 Å². The number of rotatable bonds is 3. The highest BCUT2D eigenvalue weighted by Crippen LogP contribution is 2.29. The van der Waals surface area contributed by atoms with Gasteiger partial charge in [0.15, 0.2) is 21.3 Å². The first kappa shape index (κ1) is 19.7. The van der Waals surface area contributed by atoms with Crippen LogP contribution in [0.3, 0.4) is 0 Å². The van der Waals surface area contributed by atoms with Crippen LogP contribution in [0.4, 0.5) is 0 Å². The summed E-state index contributed by atoms with van der Waals surface area (Å²) in [5, 5.41) is 10.6. The fraction of sp³-hybridized carbons (Fsp3) is 0.294. The second kappa shape index (κ2) is 6.85. The molecule has 1 aromatic carbocycles. The van der Waals surface area contributed by atoms with Gasteiger partial charge < -0.3 is 14.6 Å². The summed E-state index contributed by atoms with van der Waals surface area (Å²) in [7, 11) is -3.77. The number of pyridine rings is 1. The number of nitrogens with zero attached hydrogens (tertiary/aromatic N) is 2. The number of amides is 1. The topological polar surface area (TPSA) is 96.7 Å². The predicted octanol–water partition coefficient (Wildman–Crippen LogP) is 2.31. The maximum absolute atomic E-state index is 13.0. The molecule has 27 heavy (non-hydrogen) atoms. The summed E-state index contributed by atoms with van der Waals surface area (Å²) in [4.78, 5) is 26.4. The fourth-order valence-corrected chi connectivity index (χ4v) is 4.29. The number of benzene rings is 1. The number of sulfone groups is 1. The Morgan fingerprint density at radius 1 is 1.19 bits per heavy atom. The van der Waals surface area contributed by atoms with Gasteiger partial charge in [-0.25, -0.2) is 8.42 Å². The first-order valence-electron chi connectivity index (χ1n) is 7.92. The van der Waals surface area contributed by atoms with E-state index in [-0.39, 0.29) is 29.9 Å². The molecule has 1 atom stereocenters. The number of carbonyl (C=O) groups is 1. The van der Waals surface area contributed by atoms with Gasteiger partial charge in [0, 0.05) is 31.5 Å². The SMILES string of the molecule is CC1Cn2c(S(C)(=O)=O)cc(=O)c(O)c2C(=O)N1Cc1ccc(Cl)c(Cl)c1. The Labute approximate surface area is 165 Å². The normalized spacial score (nSPS) is 17.1. The van der Waals surface area contributed by atoms with Crippen molar-refractivity contribution in [3.63, 3.8) is 0 Å². The molecule has 1 N–H and O–H groups in total. The van der Waals surface area contributed by atoms with Gasteiger partial charge in [-0.15, -0.1) is 0 Å². The Bertz CT molecular complexity index is 1110. The molecule has 0 saturated heterocycles. The molecule has 0 bridgehead atoms. The van der Waals surface area contributed by atoms with Crippen LogP contribution in [0.25, 0.3) is 0 Å². The summed E-state index contributed by atoms with van der Waals surface area (Å²) in [6.45, 7) is 2.02. The minimum absolute atomic E-state index is 0.110. The fourth-order valence-electron chi connectivity index (χ4n) is 3.08. The van der Waals surface area contributed by atoms with Crippen molar-refractivity contribution in [1.29, 1.82) is 0 Å². The lowest BCUT2D eigenvalue weighted by Gasteiger charge is -2.36. The van der Waals surface area contributed by atoms with Crippen molar-refractivity contribution < 1.29 is 18.3 Å². The molecule has 0 spiro atoms. The van der Waals surface area contributed by atoms with E-state index in [9.17, 15) is 23.1 Å². The van der Waals surface area contributed by atoms with E-state index in [1.807, 2.05) is 0 Å². The molecular formula is C17H16Cl2N2O5S. The third kappa shape index (κ3) is 3.56. The second-order valence-corrected chi connectivity index (χ2v) is 9.23. The van der Waals surface area contributed by atoms with Crippen molar-refractivity contribution in [3.8, 4) is 5.75 Å². The molecule has 1 unspecified atom stereocenters. The molecular weight excluding hydrogens is 415 g/mol. The van der Waals surface area contributed by atoms with Crippen LogP contribution in [0, 0.1) is 0 Å². The Kier molecular flexibility index (Phi) is 5.00. The van der Waals surface area contributed by atoms with Crippen molar-refractivity contribution in [2.75, 3.05) is 6.26 Å². The van der Waals surface area contributed by atoms with E-state index in [0.29, 0.717) is 15.6 Å². The minimum Gasteiger partial charge on any atom is -0.503 e. The van der Waals surface area contributed by atoms with Gasteiger partial charge in [-0.1, -0.05) is 29.3 Å². The molecule has 0 fully saturated rings. The maximum atomic E-state index is 13.0. The van der Waals surface area contributed by atoms with Gasteiger partial charge in [0.2, 0.25) is 5.43 Å². The number of fused-ring (bicyclic) bond motifs is 1. The number of hydrogen-bond donors (Lipinski definition) is 1. The van der Waals surface area contributed by atoms with E-state index in [1.165, 1.54) is 9.47 Å². The zero-order valence-electron chi connectivity index (χ0n) is 14.4. The van der Waals surface area contributed by atoms with Gasteiger partial charge >= 0.3 is 0 Å². The molecule has 3 rings (SSSR count). The van der Waals surface area contributed by atoms with Crippen LogP contribution < -0.4 is 5.43 Å². The first-order chi connectivity index (χ1) is 12.5. The molecule has 1 amide bonds. The minimum atomic E-state index is -3.77. The maximum Gasteiger partial charge on any atom is 0.275 e. The lowest BCUT2D eigenvalue weighted by Crippen LogP contribution is -2.47. The number of carbonyl (C=O) groups excluding carboxylic acids is 1. The van der Waals surface area contributed by atoms with Gasteiger partial charge in [0.25, 0.3) is 5.91 Å². The lowest BCUT2D eigenvalue weighted by atomic mass is 10.1. The molecule has 2 heterocycles. The molecule has 2 aromatic rings. The second-order valence-electron chi connectivity index (χ2n) is 6.46. The molecule has 0 radical (unpaired) electrons. The summed E-state index contributed by atoms with van der Waals surface area (Å²) in [6, 6.07) is 5.39. The summed E-state index contributed by atoms with van der Waals surface area (Å²) in [5.41, 5.74) is -0.542. The molecule has 10 heteroatoms. The van der Waals surface area contributed by atoms with Gasteiger partial charge in [-0.05, 0) is 24.6 Å². The molecule has 0 aliphatic carbocycles. The summed E-state index contributed by atoms with van der Waals surface area (Å²) < 4.78 is 25.2. The van der Waals surface area contributed by atoms with Crippen LogP contribution in [0.5, 0.6) is 5.75 Å². The van der Waals surface area contributed by atoms with E-state index in [4.69, 9.17) is 23.2 Å². The van der Waals surface area contributed by atoms with Gasteiger partial charge in [0.05, 0.1) is 10.0 Å². The number of hydrogen-bond acceptors (Lipinski definition) is 5. The standard InChI is InChI=1S/C17H16Cl2N2O5S/c1-9-7-21-14(27(2,25)26)6-13(22)16(23)15(21)17(24)20(9)8-10-3-4-11(18)12(19)5-10/h3-6,9,23H,7-8H2,1-2H3. The summed E-state index contributed by atoms with van der Waals surface area (Å²) in [5.74, 6) is -1.40. The molecule has 7 nitrogen and oxygen atoms in total. The Balaban J connectivity index is 2.10. The molecule has 1 aromatic heterocycles. The zero-order chi connectivity index (χ0) is 20.1. The molecule has 144 valence electrons. The van der Waals surface area contributed by atoms with Crippen LogP contribution in [-0.2, 0) is 22.9 Å². The highest BCUT2D eigenvalue weighted by Gasteiger charge is 2.35. The van der Waals surface area contributed by atoms with Crippen molar-refractivity contribution in [3.05, 3.63) is 55.8 Å². The van der Waals surface area contributed by atoms with Crippen LogP contribution in [0.15, 0.2) is 34.1 Å². The zero-order valence-corrected chi connectivity index (χ0v) is 16.8. The smallest absolute Gasteiger partial charge is 0.275 e. The van der Waals surface area contributed by atoms with Gasteiger partial charge in [-0.2, -0.15) is 0 Å². The van der Waals surface area contributed by atoms with E-state index >= 15 is 0 Å². The Hall–Kier alpha value is -2.03. The molecule has 1 aliphatic heterocycles. The quantitative estimate of drug-likeness (QED) is 0.805. The average molecular weight is 431 g/mol. The third-order valence-corrected chi connectivity index (χ3v) is 6.24. The van der Waals surface area contributed by atoms with Crippen molar-refractivity contribution >= 4 is 38.9 Å². The highest BCUT2D eigenvalue weighted by molar-refractivity contribution is 7.90. The van der Waals surface area contributed by atoms with Crippen molar-refractivity contribution in [1.82, 2.24) is 9.47 Å². The van der Waals surface area contributed by atoms with E-state index < -0.39 is 26.9 Å². The van der Waals surface area contributed by atoms with Crippen LogP contribution >= 0.6 is 23.2 Å². The average Bonchev–Trinajstić information content (AvgIpc) is 2.56. The van der Waals surface area contributed by atoms with Gasteiger partial charge in [-0.3, -0.25) is 9.59 Å². The third-order valence-electron chi connectivity index (χ3n) is 4.41. The van der Waals surface area contributed by atoms with Crippen LogP contribution in [-0.4, -0.2) is 41.2 Å². The Morgan fingerprint density at radius 2 is 1.85 bits per heavy atom. The number of halogens is 2. The predicted molar refractivity (Wildman–Crippen MR) is 101 cm³/mol. The molecule has 0 saturated carbocycles. The van der Waals surface area contributed by atoms with E-state index in [0.717, 1.165) is 12.3 Å². The first-order valence-corrected chi connectivity index (χ1v) is 10.6. The monoisotopic (exact) mass is 430 g/mol. The number of aromatic hydroxyl groups is 1. The number of aromatic nitrogens is 1. The van der Waals surface area contributed by atoms with Crippen molar-refractivity contribution in [2.24, 2.45) is 0 Å². The van der Waals surface area contributed by atoms with E-state index in [2.05, 4.69) is 0 Å².